The number of likely N-dealkylation sites (tertiary alicyclic amines) is 2. The fourth-order valence-electron chi connectivity index (χ4n) is 4.99. The van der Waals surface area contributed by atoms with Crippen LogP contribution in [0, 0.1) is 5.92 Å². The van der Waals surface area contributed by atoms with Crippen molar-refractivity contribution in [2.24, 2.45) is 5.92 Å². The molecule has 0 spiro atoms. The molecule has 0 unspecified atom stereocenters. The van der Waals surface area contributed by atoms with Crippen molar-refractivity contribution in [3.8, 4) is 0 Å². The van der Waals surface area contributed by atoms with Crippen molar-refractivity contribution in [1.82, 2.24) is 15.1 Å². The average Bonchev–Trinajstić information content (AvgIpc) is 3.11. The van der Waals surface area contributed by atoms with Gasteiger partial charge >= 0.3 is 5.97 Å². The molecule has 2 atom stereocenters. The average molecular weight is 366 g/mol. The van der Waals surface area contributed by atoms with Crippen molar-refractivity contribution in [1.29, 1.82) is 0 Å². The summed E-state index contributed by atoms with van der Waals surface area (Å²) in [6.45, 7) is 6.24. The van der Waals surface area contributed by atoms with Crippen LogP contribution in [0.5, 0.6) is 0 Å². The molecule has 3 aliphatic rings. The maximum Gasteiger partial charge on any atom is 0.323 e. The van der Waals surface area contributed by atoms with Gasteiger partial charge in [-0.05, 0) is 51.7 Å². The van der Waals surface area contributed by atoms with Crippen LogP contribution in [0.2, 0.25) is 0 Å². The second kappa shape index (κ2) is 9.18. The Morgan fingerprint density at radius 2 is 1.77 bits per heavy atom. The van der Waals surface area contributed by atoms with Crippen LogP contribution < -0.4 is 5.32 Å². The molecule has 2 aliphatic heterocycles. The van der Waals surface area contributed by atoms with Crippen LogP contribution in [0.25, 0.3) is 0 Å². The molecule has 0 aromatic rings. The van der Waals surface area contributed by atoms with Gasteiger partial charge in [0.15, 0.2) is 0 Å². The van der Waals surface area contributed by atoms with Crippen LogP contribution in [0.4, 0.5) is 0 Å². The molecule has 0 radical (unpaired) electrons. The van der Waals surface area contributed by atoms with E-state index in [1.807, 2.05) is 0 Å². The number of nitrogens with zero attached hydrogens (tertiary/aromatic N) is 2. The van der Waals surface area contributed by atoms with E-state index >= 15 is 0 Å². The predicted octanol–water partition coefficient (Wildman–Crippen LogP) is 1.78. The standard InChI is InChI=1S/C20H35N3O3/c1-3-22-11-9-17(10-12-22)23-14-16(13-18(23)20(25)26-2)21-19(24)15-7-5-4-6-8-15/h15-18H,3-14H2,1-2H3,(H,21,24)/t16-,18-/m0/s1. The van der Waals surface area contributed by atoms with Gasteiger partial charge in [0.05, 0.1) is 7.11 Å². The summed E-state index contributed by atoms with van der Waals surface area (Å²) in [5.41, 5.74) is 0. The molecule has 6 nitrogen and oxygen atoms in total. The van der Waals surface area contributed by atoms with Crippen molar-refractivity contribution in [3.05, 3.63) is 0 Å². The lowest BCUT2D eigenvalue weighted by Crippen LogP contribution is -2.49. The lowest BCUT2D eigenvalue weighted by atomic mass is 9.88. The van der Waals surface area contributed by atoms with E-state index in [2.05, 4.69) is 22.0 Å². The minimum atomic E-state index is -0.213. The van der Waals surface area contributed by atoms with E-state index in [9.17, 15) is 9.59 Å². The lowest BCUT2D eigenvalue weighted by molar-refractivity contribution is -0.147. The van der Waals surface area contributed by atoms with Crippen molar-refractivity contribution in [2.75, 3.05) is 33.3 Å². The van der Waals surface area contributed by atoms with Gasteiger partial charge in [-0.15, -0.1) is 0 Å². The molecule has 0 aromatic carbocycles. The van der Waals surface area contributed by atoms with Gasteiger partial charge in [-0.25, -0.2) is 0 Å². The maximum atomic E-state index is 12.6. The summed E-state index contributed by atoms with van der Waals surface area (Å²) in [5.74, 6) is 0.209. The number of carbonyl (C=O) groups is 2. The summed E-state index contributed by atoms with van der Waals surface area (Å²) in [6, 6.07) is 0.269. The first-order chi connectivity index (χ1) is 12.6. The first kappa shape index (κ1) is 19.6. The van der Waals surface area contributed by atoms with Gasteiger partial charge in [0.1, 0.15) is 6.04 Å². The largest absolute Gasteiger partial charge is 0.468 e. The van der Waals surface area contributed by atoms with E-state index in [0.717, 1.165) is 64.7 Å². The van der Waals surface area contributed by atoms with E-state index in [0.29, 0.717) is 12.5 Å². The summed E-state index contributed by atoms with van der Waals surface area (Å²) in [7, 11) is 1.47. The molecule has 2 heterocycles. The molecule has 1 aliphatic carbocycles. The SMILES string of the molecule is CCN1CCC(N2C[C@@H](NC(=O)C3CCCCC3)C[C@H]2C(=O)OC)CC1. The van der Waals surface area contributed by atoms with Gasteiger partial charge in [-0.3, -0.25) is 14.5 Å². The fraction of sp³-hybridized carbons (Fsp3) is 0.900. The Labute approximate surface area is 157 Å². The number of esters is 1. The third-order valence-electron chi connectivity index (χ3n) is 6.61. The Hall–Kier alpha value is -1.14. The highest BCUT2D eigenvalue weighted by molar-refractivity contribution is 5.80. The number of carbonyl (C=O) groups excluding carboxylic acids is 2. The zero-order valence-corrected chi connectivity index (χ0v) is 16.4. The summed E-state index contributed by atoms with van der Waals surface area (Å²) in [5, 5.41) is 3.25. The zero-order valence-electron chi connectivity index (χ0n) is 16.4. The molecule has 0 aromatic heterocycles. The Kier molecular flexibility index (Phi) is 6.92. The fourth-order valence-corrected chi connectivity index (χ4v) is 4.99. The quantitative estimate of drug-likeness (QED) is 0.753. The highest BCUT2D eigenvalue weighted by Gasteiger charge is 2.42. The van der Waals surface area contributed by atoms with E-state index < -0.39 is 0 Å². The highest BCUT2D eigenvalue weighted by Crippen LogP contribution is 2.28. The van der Waals surface area contributed by atoms with Crippen LogP contribution in [0.15, 0.2) is 0 Å². The van der Waals surface area contributed by atoms with Gasteiger partial charge in [-0.1, -0.05) is 26.2 Å². The van der Waals surface area contributed by atoms with Crippen LogP contribution >= 0.6 is 0 Å². The maximum absolute atomic E-state index is 12.6. The zero-order chi connectivity index (χ0) is 18.5. The van der Waals surface area contributed by atoms with Crippen LogP contribution in [-0.4, -0.2) is 73.1 Å². The number of nitrogens with one attached hydrogen (secondary N) is 1. The summed E-state index contributed by atoms with van der Waals surface area (Å²) >= 11 is 0. The molecule has 0 bridgehead atoms. The van der Waals surface area contributed by atoms with Gasteiger partial charge < -0.3 is 15.0 Å². The lowest BCUT2D eigenvalue weighted by Gasteiger charge is -2.38. The third kappa shape index (κ3) is 4.58. The Morgan fingerprint density at radius 1 is 1.08 bits per heavy atom. The first-order valence-corrected chi connectivity index (χ1v) is 10.5. The molecule has 26 heavy (non-hydrogen) atoms. The topological polar surface area (TPSA) is 61.9 Å². The Morgan fingerprint density at radius 3 is 2.38 bits per heavy atom. The van der Waals surface area contributed by atoms with Crippen molar-refractivity contribution in [3.63, 3.8) is 0 Å². The van der Waals surface area contributed by atoms with Crippen molar-refractivity contribution in [2.45, 2.75) is 76.4 Å². The van der Waals surface area contributed by atoms with E-state index in [1.165, 1.54) is 13.5 Å². The second-order valence-corrected chi connectivity index (χ2v) is 8.18. The minimum absolute atomic E-state index is 0.0673. The molecule has 1 N–H and O–H groups in total. The van der Waals surface area contributed by atoms with Gasteiger partial charge in [0, 0.05) is 24.5 Å². The predicted molar refractivity (Wildman–Crippen MR) is 101 cm³/mol. The summed E-state index contributed by atoms with van der Waals surface area (Å²) < 4.78 is 5.06. The number of amides is 1. The van der Waals surface area contributed by atoms with E-state index in [4.69, 9.17) is 4.74 Å². The van der Waals surface area contributed by atoms with Crippen molar-refractivity contribution < 1.29 is 14.3 Å². The Bertz CT molecular complexity index is 485. The van der Waals surface area contributed by atoms with Crippen LogP contribution in [0.1, 0.15) is 58.3 Å². The normalized spacial score (nSPS) is 29.6. The molecule has 3 fully saturated rings. The molecule has 6 heteroatoms. The molecular formula is C20H35N3O3. The summed E-state index contributed by atoms with van der Waals surface area (Å²) in [4.78, 5) is 29.7. The van der Waals surface area contributed by atoms with Crippen LogP contribution in [-0.2, 0) is 14.3 Å². The minimum Gasteiger partial charge on any atom is -0.468 e. The third-order valence-corrected chi connectivity index (χ3v) is 6.61. The smallest absolute Gasteiger partial charge is 0.323 e. The number of hydrogen-bond acceptors (Lipinski definition) is 5. The number of methoxy groups -OCH3 is 1. The number of ether oxygens (including phenoxy) is 1. The summed E-state index contributed by atoms with van der Waals surface area (Å²) in [6.07, 6.45) is 8.46. The highest BCUT2D eigenvalue weighted by atomic mass is 16.5. The van der Waals surface area contributed by atoms with Gasteiger partial charge in [0.2, 0.25) is 5.91 Å². The first-order valence-electron chi connectivity index (χ1n) is 10.5. The molecule has 2 saturated heterocycles. The van der Waals surface area contributed by atoms with Crippen LogP contribution in [0.3, 0.4) is 0 Å². The van der Waals surface area contributed by atoms with E-state index in [1.54, 1.807) is 0 Å². The monoisotopic (exact) mass is 365 g/mol. The second-order valence-electron chi connectivity index (χ2n) is 8.18. The number of rotatable bonds is 5. The van der Waals surface area contributed by atoms with Gasteiger partial charge in [-0.2, -0.15) is 0 Å². The van der Waals surface area contributed by atoms with Crippen molar-refractivity contribution >= 4 is 11.9 Å². The molecule has 148 valence electrons. The Balaban J connectivity index is 1.59. The molecule has 1 saturated carbocycles. The molecule has 3 rings (SSSR count). The van der Waals surface area contributed by atoms with Gasteiger partial charge in [0.25, 0.3) is 0 Å². The molecular weight excluding hydrogens is 330 g/mol. The number of hydrogen-bond donors (Lipinski definition) is 1. The molecule has 1 amide bonds. The number of piperidine rings is 1. The van der Waals surface area contributed by atoms with E-state index in [-0.39, 0.29) is 29.9 Å².